The van der Waals surface area contributed by atoms with Crippen molar-refractivity contribution >= 4 is 28.6 Å². The number of carbonyl (C=O) groups is 1. The van der Waals surface area contributed by atoms with Crippen molar-refractivity contribution in [1.29, 1.82) is 0 Å². The Hall–Kier alpha value is -1.70. The number of carboxylic acid groups (broad SMARTS) is 1. The fraction of sp³-hybridized carbons (Fsp3) is 0.154. The largest absolute Gasteiger partial charge is 0.476 e. The number of hydrogen-bond donors (Lipinski definition) is 1. The minimum Gasteiger partial charge on any atom is -0.476 e. The van der Waals surface area contributed by atoms with Crippen LogP contribution in [0.5, 0.6) is 0 Å². The summed E-state index contributed by atoms with van der Waals surface area (Å²) in [4.78, 5) is 22.7. The molecule has 0 aliphatic heterocycles. The van der Waals surface area contributed by atoms with Crippen LogP contribution in [-0.2, 0) is 0 Å². The second kappa shape index (κ2) is 5.12. The molecular formula is C13H11IN2O3. The number of aromatic carboxylic acids is 1. The highest BCUT2D eigenvalue weighted by Crippen LogP contribution is 2.16. The number of rotatable bonds is 2. The average Bonchev–Trinajstić information content (AvgIpc) is 2.35. The zero-order valence-corrected chi connectivity index (χ0v) is 12.5. The third-order valence-corrected chi connectivity index (χ3v) is 3.39. The molecule has 0 aliphatic rings. The molecule has 0 saturated heterocycles. The summed E-state index contributed by atoms with van der Waals surface area (Å²) in [5.74, 6) is -1.31. The first-order chi connectivity index (χ1) is 8.90. The molecule has 1 aromatic carbocycles. The van der Waals surface area contributed by atoms with Crippen molar-refractivity contribution in [2.24, 2.45) is 0 Å². The second-order valence-corrected chi connectivity index (χ2v) is 5.42. The van der Waals surface area contributed by atoms with Gasteiger partial charge >= 0.3 is 5.97 Å². The molecule has 0 saturated carbocycles. The number of halogens is 1. The lowest BCUT2D eigenvalue weighted by molar-refractivity contribution is 0.0686. The van der Waals surface area contributed by atoms with E-state index in [-0.39, 0.29) is 0 Å². The van der Waals surface area contributed by atoms with Gasteiger partial charge in [-0.1, -0.05) is 6.07 Å². The second-order valence-electron chi connectivity index (χ2n) is 4.17. The van der Waals surface area contributed by atoms with Crippen LogP contribution in [0.4, 0.5) is 0 Å². The highest BCUT2D eigenvalue weighted by atomic mass is 127. The number of benzene rings is 1. The summed E-state index contributed by atoms with van der Waals surface area (Å²) >= 11 is 2.17. The van der Waals surface area contributed by atoms with E-state index in [4.69, 9.17) is 5.11 Å². The van der Waals surface area contributed by atoms with Gasteiger partial charge in [-0.15, -0.1) is 0 Å². The van der Waals surface area contributed by atoms with Crippen LogP contribution < -0.4 is 5.43 Å². The highest BCUT2D eigenvalue weighted by molar-refractivity contribution is 14.1. The van der Waals surface area contributed by atoms with E-state index < -0.39 is 17.1 Å². The van der Waals surface area contributed by atoms with Crippen LogP contribution in [0.25, 0.3) is 5.69 Å². The zero-order chi connectivity index (χ0) is 14.2. The van der Waals surface area contributed by atoms with Crippen LogP contribution in [0.2, 0.25) is 0 Å². The third-order valence-electron chi connectivity index (χ3n) is 2.72. The summed E-state index contributed by atoms with van der Waals surface area (Å²) in [7, 11) is 0. The van der Waals surface area contributed by atoms with Crippen molar-refractivity contribution < 1.29 is 9.90 Å². The summed E-state index contributed by atoms with van der Waals surface area (Å²) in [6.07, 6.45) is 1.55. The van der Waals surface area contributed by atoms with E-state index >= 15 is 0 Å². The van der Waals surface area contributed by atoms with Crippen molar-refractivity contribution in [2.75, 3.05) is 0 Å². The summed E-state index contributed by atoms with van der Waals surface area (Å²) in [5, 5.41) is 12.9. The van der Waals surface area contributed by atoms with Crippen LogP contribution in [-0.4, -0.2) is 20.9 Å². The van der Waals surface area contributed by atoms with Crippen LogP contribution in [0.3, 0.4) is 0 Å². The smallest absolute Gasteiger partial charge is 0.360 e. The molecule has 19 heavy (non-hydrogen) atoms. The van der Waals surface area contributed by atoms with Gasteiger partial charge in [0.15, 0.2) is 0 Å². The molecule has 5 nitrogen and oxygen atoms in total. The van der Waals surface area contributed by atoms with Crippen molar-refractivity contribution in [3.05, 3.63) is 55.0 Å². The van der Waals surface area contributed by atoms with Gasteiger partial charge in [-0.25, -0.2) is 9.48 Å². The van der Waals surface area contributed by atoms with Gasteiger partial charge in [-0.05, 0) is 54.1 Å². The molecule has 1 N–H and O–H groups in total. The van der Waals surface area contributed by atoms with Crippen LogP contribution in [0.1, 0.15) is 21.6 Å². The van der Waals surface area contributed by atoms with Gasteiger partial charge in [0.05, 0.1) is 5.69 Å². The Labute approximate surface area is 123 Å². The summed E-state index contributed by atoms with van der Waals surface area (Å²) < 4.78 is 2.45. The van der Waals surface area contributed by atoms with E-state index in [1.54, 1.807) is 13.1 Å². The van der Waals surface area contributed by atoms with Crippen molar-refractivity contribution in [3.63, 3.8) is 0 Å². The Morgan fingerprint density at radius 2 is 2.00 bits per heavy atom. The van der Waals surface area contributed by atoms with Gasteiger partial charge in [0.25, 0.3) is 0 Å². The van der Waals surface area contributed by atoms with Gasteiger partial charge < -0.3 is 5.11 Å². The third kappa shape index (κ3) is 2.67. The maximum Gasteiger partial charge on any atom is 0.360 e. The zero-order valence-electron chi connectivity index (χ0n) is 10.3. The highest BCUT2D eigenvalue weighted by Gasteiger charge is 2.15. The molecule has 0 aliphatic carbocycles. The van der Waals surface area contributed by atoms with E-state index in [0.717, 1.165) is 14.8 Å². The van der Waals surface area contributed by atoms with Gasteiger partial charge in [0.1, 0.15) is 0 Å². The summed E-state index contributed by atoms with van der Waals surface area (Å²) in [6, 6.07) is 5.76. The molecule has 0 amide bonds. The molecule has 0 unspecified atom stereocenters. The van der Waals surface area contributed by atoms with E-state index in [1.165, 1.54) is 4.68 Å². The molecule has 98 valence electrons. The first-order valence-electron chi connectivity index (χ1n) is 5.50. The lowest BCUT2D eigenvalue weighted by Crippen LogP contribution is -2.23. The maximum atomic E-state index is 11.7. The maximum absolute atomic E-state index is 11.7. The number of nitrogens with zero attached hydrogens (tertiary/aromatic N) is 2. The molecule has 2 rings (SSSR count). The molecule has 0 radical (unpaired) electrons. The summed E-state index contributed by atoms with van der Waals surface area (Å²) in [6.45, 7) is 3.48. The molecule has 0 fully saturated rings. The van der Waals surface area contributed by atoms with Gasteiger partial charge in [-0.2, -0.15) is 5.10 Å². The van der Waals surface area contributed by atoms with Gasteiger partial charge in [0, 0.05) is 15.3 Å². The summed E-state index contributed by atoms with van der Waals surface area (Å²) in [5.41, 5.74) is 1.06. The van der Waals surface area contributed by atoms with Crippen LogP contribution in [0.15, 0.2) is 29.2 Å². The van der Waals surface area contributed by atoms with Gasteiger partial charge in [-0.3, -0.25) is 4.79 Å². The Bertz CT molecular complexity index is 722. The number of carboxylic acids is 1. The molecule has 1 heterocycles. The van der Waals surface area contributed by atoms with E-state index in [0.29, 0.717) is 5.56 Å². The molecule has 0 bridgehead atoms. The van der Waals surface area contributed by atoms with Gasteiger partial charge in [0.2, 0.25) is 11.1 Å². The standard InChI is InChI=1S/C13H11IN2O3/c1-7-3-4-9(14)5-10(7)16-6-8(2)12(17)11(15-16)13(18)19/h3-6H,1-2H3,(H,18,19). The van der Waals surface area contributed by atoms with Crippen molar-refractivity contribution in [3.8, 4) is 5.69 Å². The van der Waals surface area contributed by atoms with Crippen LogP contribution in [0, 0.1) is 17.4 Å². The quantitative estimate of drug-likeness (QED) is 0.823. The first-order valence-corrected chi connectivity index (χ1v) is 6.58. The molecule has 2 aromatic rings. The Morgan fingerprint density at radius 1 is 1.32 bits per heavy atom. The number of aromatic nitrogens is 2. The number of aryl methyl sites for hydroxylation is 2. The molecule has 6 heteroatoms. The Balaban J connectivity index is 2.73. The Kier molecular flexibility index (Phi) is 3.70. The molecule has 0 spiro atoms. The predicted molar refractivity (Wildman–Crippen MR) is 79.0 cm³/mol. The fourth-order valence-corrected chi connectivity index (χ4v) is 2.18. The minimum absolute atomic E-state index is 0.352. The Morgan fingerprint density at radius 3 is 2.63 bits per heavy atom. The molecular weight excluding hydrogens is 359 g/mol. The first kappa shape index (κ1) is 13.7. The van der Waals surface area contributed by atoms with E-state index in [1.807, 2.05) is 25.1 Å². The monoisotopic (exact) mass is 370 g/mol. The van der Waals surface area contributed by atoms with E-state index in [9.17, 15) is 9.59 Å². The minimum atomic E-state index is -1.31. The molecule has 1 aromatic heterocycles. The SMILES string of the molecule is Cc1ccc(I)cc1-n1cc(C)c(=O)c(C(=O)O)n1. The normalized spacial score (nSPS) is 10.5. The lowest BCUT2D eigenvalue weighted by Gasteiger charge is -2.10. The topological polar surface area (TPSA) is 72.2 Å². The van der Waals surface area contributed by atoms with E-state index in [2.05, 4.69) is 27.7 Å². The fourth-order valence-electron chi connectivity index (χ4n) is 1.70. The number of hydrogen-bond acceptors (Lipinski definition) is 3. The van der Waals surface area contributed by atoms with Crippen molar-refractivity contribution in [2.45, 2.75) is 13.8 Å². The lowest BCUT2D eigenvalue weighted by atomic mass is 10.2. The van der Waals surface area contributed by atoms with Crippen molar-refractivity contribution in [1.82, 2.24) is 9.78 Å². The predicted octanol–water partition coefficient (Wildman–Crippen LogP) is 2.15. The van der Waals surface area contributed by atoms with Crippen LogP contribution >= 0.6 is 22.6 Å². The molecule has 0 atom stereocenters. The average molecular weight is 370 g/mol.